The maximum Gasteiger partial charge on any atom is 0.130 e. The van der Waals surface area contributed by atoms with E-state index >= 15 is 0 Å². The van der Waals surface area contributed by atoms with Crippen LogP contribution < -0.4 is 10.2 Å². The Hall–Kier alpha value is -1.59. The van der Waals surface area contributed by atoms with Gasteiger partial charge in [-0.05, 0) is 12.1 Å². The van der Waals surface area contributed by atoms with Crippen molar-refractivity contribution in [3.63, 3.8) is 0 Å². The normalized spacial score (nSPS) is 19.9. The summed E-state index contributed by atoms with van der Waals surface area (Å²) in [5.41, 5.74) is 2.48. The lowest BCUT2D eigenvalue weighted by molar-refractivity contribution is 0.189. The van der Waals surface area contributed by atoms with Gasteiger partial charge < -0.3 is 15.3 Å². The molecule has 0 spiro atoms. The van der Waals surface area contributed by atoms with E-state index in [-0.39, 0.29) is 6.61 Å². The molecule has 1 fully saturated rings. The Morgan fingerprint density at radius 2 is 1.95 bits per heavy atom. The molecule has 0 radical (unpaired) electrons. The van der Waals surface area contributed by atoms with Crippen molar-refractivity contribution < 1.29 is 5.11 Å². The first-order valence-corrected chi connectivity index (χ1v) is 7.34. The second-order valence-corrected chi connectivity index (χ2v) is 5.23. The molecule has 2 aliphatic rings. The maximum absolute atomic E-state index is 9.01. The summed E-state index contributed by atoms with van der Waals surface area (Å²) >= 11 is 0. The first kappa shape index (κ1) is 13.4. The van der Waals surface area contributed by atoms with E-state index < -0.39 is 0 Å². The van der Waals surface area contributed by atoms with Gasteiger partial charge in [0.15, 0.2) is 0 Å². The molecule has 108 valence electrons. The first-order valence-electron chi connectivity index (χ1n) is 7.34. The van der Waals surface area contributed by atoms with E-state index in [0.717, 1.165) is 51.6 Å². The van der Waals surface area contributed by atoms with Crippen molar-refractivity contribution in [1.29, 1.82) is 0 Å². The van der Waals surface area contributed by atoms with Gasteiger partial charge in [-0.25, -0.2) is 0 Å². The molecule has 5 nitrogen and oxygen atoms in total. The number of aliphatic hydroxyl groups is 1. The number of amidine groups is 1. The van der Waals surface area contributed by atoms with Gasteiger partial charge in [0.2, 0.25) is 0 Å². The molecule has 2 N–H and O–H groups in total. The predicted octanol–water partition coefficient (Wildman–Crippen LogP) is 0.151. The fraction of sp³-hybridized carbons (Fsp3) is 0.533. The summed E-state index contributed by atoms with van der Waals surface area (Å²) in [7, 11) is 0. The van der Waals surface area contributed by atoms with Crippen LogP contribution in [0.2, 0.25) is 0 Å². The number of aliphatic hydroxyl groups excluding tert-OH is 1. The standard InChI is InChI=1S/C15H22N4O/c20-12-11-18-7-9-19(10-8-18)14-4-2-1-3-13(14)15-16-5-6-17-15/h1-4,20H,5-12H2,(H,16,17). The van der Waals surface area contributed by atoms with Crippen LogP contribution in [0.3, 0.4) is 0 Å². The van der Waals surface area contributed by atoms with Gasteiger partial charge in [0.1, 0.15) is 5.84 Å². The van der Waals surface area contributed by atoms with Gasteiger partial charge in [0.05, 0.1) is 13.2 Å². The van der Waals surface area contributed by atoms with Crippen molar-refractivity contribution in [2.75, 3.05) is 57.3 Å². The molecule has 20 heavy (non-hydrogen) atoms. The molecular weight excluding hydrogens is 252 g/mol. The van der Waals surface area contributed by atoms with E-state index in [0.29, 0.717) is 0 Å². The van der Waals surface area contributed by atoms with E-state index in [4.69, 9.17) is 5.11 Å². The number of piperazine rings is 1. The summed E-state index contributed by atoms with van der Waals surface area (Å²) in [6, 6.07) is 8.49. The highest BCUT2D eigenvalue weighted by Gasteiger charge is 2.20. The molecule has 0 aromatic heterocycles. The molecular formula is C15H22N4O. The van der Waals surface area contributed by atoms with Crippen LogP contribution >= 0.6 is 0 Å². The number of hydrogen-bond acceptors (Lipinski definition) is 5. The average Bonchev–Trinajstić information content (AvgIpc) is 3.03. The zero-order valence-electron chi connectivity index (χ0n) is 11.8. The van der Waals surface area contributed by atoms with Gasteiger partial charge in [0, 0.05) is 50.5 Å². The van der Waals surface area contributed by atoms with Crippen LogP contribution in [0.5, 0.6) is 0 Å². The van der Waals surface area contributed by atoms with Crippen LogP contribution in [0, 0.1) is 0 Å². The van der Waals surface area contributed by atoms with Gasteiger partial charge in [-0.3, -0.25) is 9.89 Å². The molecule has 0 saturated carbocycles. The second kappa shape index (κ2) is 6.24. The van der Waals surface area contributed by atoms with Crippen molar-refractivity contribution >= 4 is 11.5 Å². The summed E-state index contributed by atoms with van der Waals surface area (Å²) in [5.74, 6) is 1.03. The molecule has 2 aliphatic heterocycles. The SMILES string of the molecule is OCCN1CCN(c2ccccc2C2=NCCN2)CC1. The molecule has 5 heteroatoms. The lowest BCUT2D eigenvalue weighted by Gasteiger charge is -2.36. The van der Waals surface area contributed by atoms with E-state index in [1.54, 1.807) is 0 Å². The molecule has 1 aromatic rings. The molecule has 0 aliphatic carbocycles. The Labute approximate surface area is 119 Å². The first-order chi connectivity index (χ1) is 9.88. The predicted molar refractivity (Wildman–Crippen MR) is 81.6 cm³/mol. The molecule has 1 aromatic carbocycles. The minimum Gasteiger partial charge on any atom is -0.395 e. The van der Waals surface area contributed by atoms with Crippen molar-refractivity contribution in [3.8, 4) is 0 Å². The topological polar surface area (TPSA) is 51.1 Å². The van der Waals surface area contributed by atoms with E-state index in [9.17, 15) is 0 Å². The number of aliphatic imine (C=N–C) groups is 1. The number of β-amino-alcohol motifs (C(OH)–C–C–N with tert-alkyl or cyclic N) is 1. The molecule has 0 bridgehead atoms. The van der Waals surface area contributed by atoms with Gasteiger partial charge >= 0.3 is 0 Å². The summed E-state index contributed by atoms with van der Waals surface area (Å²) in [6.45, 7) is 6.86. The van der Waals surface area contributed by atoms with Crippen LogP contribution in [-0.4, -0.2) is 68.3 Å². The minimum atomic E-state index is 0.247. The van der Waals surface area contributed by atoms with Crippen LogP contribution in [0.25, 0.3) is 0 Å². The fourth-order valence-electron chi connectivity index (χ4n) is 2.88. The molecule has 0 atom stereocenters. The van der Waals surface area contributed by atoms with Gasteiger partial charge in [-0.2, -0.15) is 0 Å². The molecule has 3 rings (SSSR count). The number of para-hydroxylation sites is 1. The van der Waals surface area contributed by atoms with Crippen molar-refractivity contribution in [2.45, 2.75) is 0 Å². The van der Waals surface area contributed by atoms with Crippen LogP contribution in [0.1, 0.15) is 5.56 Å². The van der Waals surface area contributed by atoms with Crippen molar-refractivity contribution in [1.82, 2.24) is 10.2 Å². The Morgan fingerprint density at radius 1 is 1.15 bits per heavy atom. The highest BCUT2D eigenvalue weighted by molar-refractivity contribution is 6.04. The number of nitrogens with one attached hydrogen (secondary N) is 1. The molecule has 0 amide bonds. The van der Waals surface area contributed by atoms with Crippen LogP contribution in [0.4, 0.5) is 5.69 Å². The maximum atomic E-state index is 9.01. The third-order valence-electron chi connectivity index (χ3n) is 3.96. The fourth-order valence-corrected chi connectivity index (χ4v) is 2.88. The minimum absolute atomic E-state index is 0.247. The lowest BCUT2D eigenvalue weighted by atomic mass is 10.1. The Kier molecular flexibility index (Phi) is 4.18. The third kappa shape index (κ3) is 2.78. The van der Waals surface area contributed by atoms with Crippen LogP contribution in [-0.2, 0) is 0 Å². The Morgan fingerprint density at radius 3 is 2.65 bits per heavy atom. The third-order valence-corrected chi connectivity index (χ3v) is 3.96. The molecule has 1 saturated heterocycles. The highest BCUT2D eigenvalue weighted by atomic mass is 16.3. The van der Waals surface area contributed by atoms with Crippen molar-refractivity contribution in [3.05, 3.63) is 29.8 Å². The van der Waals surface area contributed by atoms with Gasteiger partial charge in [-0.1, -0.05) is 12.1 Å². The highest BCUT2D eigenvalue weighted by Crippen LogP contribution is 2.22. The number of anilines is 1. The largest absolute Gasteiger partial charge is 0.395 e. The van der Waals surface area contributed by atoms with Gasteiger partial charge in [-0.15, -0.1) is 0 Å². The zero-order chi connectivity index (χ0) is 13.8. The smallest absolute Gasteiger partial charge is 0.130 e. The average molecular weight is 274 g/mol. The summed E-state index contributed by atoms with van der Waals surface area (Å²) < 4.78 is 0. The Bertz CT molecular complexity index is 481. The number of rotatable bonds is 4. The number of hydrogen-bond donors (Lipinski definition) is 2. The summed E-state index contributed by atoms with van der Waals surface area (Å²) in [4.78, 5) is 9.27. The van der Waals surface area contributed by atoms with E-state index in [1.165, 1.54) is 11.3 Å². The van der Waals surface area contributed by atoms with E-state index in [2.05, 4.69) is 44.4 Å². The lowest BCUT2D eigenvalue weighted by Crippen LogP contribution is -2.47. The number of benzene rings is 1. The van der Waals surface area contributed by atoms with E-state index in [1.807, 2.05) is 0 Å². The number of nitrogens with zero attached hydrogens (tertiary/aromatic N) is 3. The molecule has 2 heterocycles. The second-order valence-electron chi connectivity index (χ2n) is 5.23. The Balaban J connectivity index is 1.74. The van der Waals surface area contributed by atoms with Crippen molar-refractivity contribution in [2.24, 2.45) is 4.99 Å². The quantitative estimate of drug-likeness (QED) is 0.821. The zero-order valence-corrected chi connectivity index (χ0v) is 11.8. The summed E-state index contributed by atoms with van der Waals surface area (Å²) in [5, 5.41) is 12.4. The summed E-state index contributed by atoms with van der Waals surface area (Å²) in [6.07, 6.45) is 0. The monoisotopic (exact) mass is 274 g/mol. The van der Waals surface area contributed by atoms with Gasteiger partial charge in [0.25, 0.3) is 0 Å². The molecule has 0 unspecified atom stereocenters. The van der Waals surface area contributed by atoms with Crippen LogP contribution in [0.15, 0.2) is 29.3 Å².